The molecule has 5 rings (SSSR count). The van der Waals surface area contributed by atoms with Crippen molar-refractivity contribution in [2.24, 2.45) is 0 Å². The van der Waals surface area contributed by atoms with Crippen molar-refractivity contribution in [3.8, 4) is 22.6 Å². The summed E-state index contributed by atoms with van der Waals surface area (Å²) < 4.78 is 16.9. The molecule has 2 aromatic carbocycles. The van der Waals surface area contributed by atoms with Crippen LogP contribution in [0.4, 0.5) is 0 Å². The number of ether oxygens (including phenoxy) is 2. The molecule has 0 radical (unpaired) electrons. The van der Waals surface area contributed by atoms with E-state index in [1.54, 1.807) is 18.4 Å². The first-order valence-corrected chi connectivity index (χ1v) is 10.2. The highest BCUT2D eigenvalue weighted by Crippen LogP contribution is 2.34. The van der Waals surface area contributed by atoms with Crippen molar-refractivity contribution in [2.75, 3.05) is 13.8 Å². The van der Waals surface area contributed by atoms with E-state index in [-0.39, 0.29) is 5.63 Å². The van der Waals surface area contributed by atoms with Gasteiger partial charge in [-0.1, -0.05) is 18.2 Å². The summed E-state index contributed by atoms with van der Waals surface area (Å²) in [5.74, 6) is 1.52. The molecule has 6 heteroatoms. The number of benzene rings is 2. The van der Waals surface area contributed by atoms with Crippen LogP contribution in [0, 0.1) is 0 Å². The number of fused-ring (bicyclic) bond motifs is 3. The van der Waals surface area contributed by atoms with E-state index in [1.807, 2.05) is 48.5 Å². The summed E-state index contributed by atoms with van der Waals surface area (Å²) in [5, 5.41) is 2.96. The van der Waals surface area contributed by atoms with Crippen molar-refractivity contribution in [3.63, 3.8) is 0 Å². The van der Waals surface area contributed by atoms with Crippen LogP contribution in [-0.2, 0) is 13.1 Å². The van der Waals surface area contributed by atoms with E-state index in [0.717, 1.165) is 34.6 Å². The lowest BCUT2D eigenvalue weighted by atomic mass is 10.0. The summed E-state index contributed by atoms with van der Waals surface area (Å²) in [7, 11) is 1.62. The highest BCUT2D eigenvalue weighted by atomic mass is 32.1. The molecule has 0 unspecified atom stereocenters. The zero-order valence-electron chi connectivity index (χ0n) is 15.9. The van der Waals surface area contributed by atoms with E-state index in [1.165, 1.54) is 4.88 Å². The van der Waals surface area contributed by atoms with Gasteiger partial charge in [-0.15, -0.1) is 11.3 Å². The Morgan fingerprint density at radius 1 is 1.14 bits per heavy atom. The number of thiophene rings is 1. The predicted molar refractivity (Wildman–Crippen MR) is 114 cm³/mol. The summed E-state index contributed by atoms with van der Waals surface area (Å²) in [6, 6.07) is 17.4. The summed E-state index contributed by atoms with van der Waals surface area (Å²) in [6.07, 6.45) is 0. The predicted octanol–water partition coefficient (Wildman–Crippen LogP) is 4.88. The molecule has 0 fully saturated rings. The van der Waals surface area contributed by atoms with Crippen molar-refractivity contribution >= 4 is 22.3 Å². The zero-order valence-corrected chi connectivity index (χ0v) is 16.7. The fourth-order valence-electron chi connectivity index (χ4n) is 3.64. The molecule has 5 nitrogen and oxygen atoms in total. The van der Waals surface area contributed by atoms with Gasteiger partial charge in [0.1, 0.15) is 23.8 Å². The maximum Gasteiger partial charge on any atom is 0.344 e. The molecule has 2 aromatic heterocycles. The van der Waals surface area contributed by atoms with Crippen molar-refractivity contribution < 1.29 is 13.9 Å². The van der Waals surface area contributed by atoms with Crippen molar-refractivity contribution in [3.05, 3.63) is 80.8 Å². The quantitative estimate of drug-likeness (QED) is 0.453. The molecule has 29 heavy (non-hydrogen) atoms. The van der Waals surface area contributed by atoms with Gasteiger partial charge in [-0.25, -0.2) is 4.79 Å². The van der Waals surface area contributed by atoms with E-state index in [4.69, 9.17) is 13.9 Å². The Labute approximate surface area is 171 Å². The summed E-state index contributed by atoms with van der Waals surface area (Å²) in [6.45, 7) is 2.00. The molecular formula is C23H19NO4S. The summed E-state index contributed by atoms with van der Waals surface area (Å²) in [4.78, 5) is 16.2. The average molecular weight is 405 g/mol. The minimum absolute atomic E-state index is 0.355. The van der Waals surface area contributed by atoms with Crippen LogP contribution in [0.2, 0.25) is 0 Å². The number of hydrogen-bond donors (Lipinski definition) is 0. The second-order valence-electron chi connectivity index (χ2n) is 6.98. The van der Waals surface area contributed by atoms with Crippen molar-refractivity contribution in [1.29, 1.82) is 0 Å². The third-order valence-electron chi connectivity index (χ3n) is 5.11. The number of hydrogen-bond acceptors (Lipinski definition) is 6. The van der Waals surface area contributed by atoms with E-state index < -0.39 is 0 Å². The van der Waals surface area contributed by atoms with Gasteiger partial charge in [0.05, 0.1) is 18.2 Å². The average Bonchev–Trinajstić information content (AvgIpc) is 3.26. The van der Waals surface area contributed by atoms with E-state index in [2.05, 4.69) is 16.3 Å². The van der Waals surface area contributed by atoms with Gasteiger partial charge in [0.25, 0.3) is 0 Å². The van der Waals surface area contributed by atoms with Gasteiger partial charge >= 0.3 is 5.63 Å². The second kappa shape index (κ2) is 7.39. The minimum atomic E-state index is -0.355. The molecule has 0 aliphatic carbocycles. The third-order valence-corrected chi connectivity index (χ3v) is 5.97. The monoisotopic (exact) mass is 405 g/mol. The molecule has 0 spiro atoms. The number of rotatable bonds is 4. The Bertz CT molecular complexity index is 1210. The fourth-order valence-corrected chi connectivity index (χ4v) is 4.38. The fraction of sp³-hybridized carbons (Fsp3) is 0.174. The molecule has 3 heterocycles. The smallest absolute Gasteiger partial charge is 0.344 e. The van der Waals surface area contributed by atoms with Crippen LogP contribution in [0.3, 0.4) is 0 Å². The maximum absolute atomic E-state index is 12.8. The topological polar surface area (TPSA) is 51.9 Å². The number of nitrogens with zero attached hydrogens (tertiary/aromatic N) is 1. The first-order chi connectivity index (χ1) is 14.2. The maximum atomic E-state index is 12.8. The Balaban J connectivity index is 1.53. The lowest BCUT2D eigenvalue weighted by molar-refractivity contribution is 0.0899. The van der Waals surface area contributed by atoms with Gasteiger partial charge in [0, 0.05) is 23.4 Å². The normalized spacial score (nSPS) is 13.8. The van der Waals surface area contributed by atoms with Gasteiger partial charge < -0.3 is 13.9 Å². The van der Waals surface area contributed by atoms with Crippen molar-refractivity contribution in [1.82, 2.24) is 4.90 Å². The molecular weight excluding hydrogens is 386 g/mol. The number of methoxy groups -OCH3 is 1. The SMILES string of the molecule is COc1ccc(-c2cc3ccc4c(c3oc2=O)CN(Cc2cccs2)CO4)cc1. The van der Waals surface area contributed by atoms with Crippen LogP contribution in [0.5, 0.6) is 11.5 Å². The Morgan fingerprint density at radius 3 is 2.76 bits per heavy atom. The van der Waals surface area contributed by atoms with Gasteiger partial charge in [-0.3, -0.25) is 4.90 Å². The molecule has 4 aromatic rings. The van der Waals surface area contributed by atoms with Crippen LogP contribution >= 0.6 is 11.3 Å². The standard InChI is InChI=1S/C23H19NO4S/c1-26-17-7-4-15(5-8-17)19-11-16-6-9-21-20(22(16)28-23(19)25)13-24(14-27-21)12-18-3-2-10-29-18/h2-11H,12-14H2,1H3. The Hall–Kier alpha value is -3.09. The van der Waals surface area contributed by atoms with Crippen LogP contribution in [0.15, 0.2) is 69.2 Å². The molecule has 0 saturated heterocycles. The highest BCUT2D eigenvalue weighted by molar-refractivity contribution is 7.09. The second-order valence-corrected chi connectivity index (χ2v) is 8.01. The highest BCUT2D eigenvalue weighted by Gasteiger charge is 2.22. The summed E-state index contributed by atoms with van der Waals surface area (Å²) in [5.41, 5.74) is 2.50. The zero-order chi connectivity index (χ0) is 19.8. The minimum Gasteiger partial charge on any atom is -0.497 e. The molecule has 0 saturated carbocycles. The van der Waals surface area contributed by atoms with Gasteiger partial charge in [0.2, 0.25) is 0 Å². The Morgan fingerprint density at radius 2 is 2.00 bits per heavy atom. The Kier molecular flexibility index (Phi) is 4.58. The molecule has 0 bridgehead atoms. The lowest BCUT2D eigenvalue weighted by Crippen LogP contribution is -2.31. The molecule has 1 aliphatic heterocycles. The third kappa shape index (κ3) is 3.41. The summed E-state index contributed by atoms with van der Waals surface area (Å²) >= 11 is 1.73. The lowest BCUT2D eigenvalue weighted by Gasteiger charge is -2.28. The van der Waals surface area contributed by atoms with Gasteiger partial charge in [-0.2, -0.15) is 0 Å². The molecule has 146 valence electrons. The van der Waals surface area contributed by atoms with Crippen LogP contribution in [-0.4, -0.2) is 18.7 Å². The van der Waals surface area contributed by atoms with Crippen LogP contribution in [0.25, 0.3) is 22.1 Å². The van der Waals surface area contributed by atoms with E-state index in [9.17, 15) is 4.79 Å². The first-order valence-electron chi connectivity index (χ1n) is 9.33. The molecule has 0 atom stereocenters. The van der Waals surface area contributed by atoms with Gasteiger partial charge in [0.15, 0.2) is 0 Å². The van der Waals surface area contributed by atoms with E-state index in [0.29, 0.717) is 24.4 Å². The van der Waals surface area contributed by atoms with Crippen molar-refractivity contribution in [2.45, 2.75) is 13.1 Å². The first kappa shape index (κ1) is 18.0. The van der Waals surface area contributed by atoms with Gasteiger partial charge in [-0.05, 0) is 47.3 Å². The van der Waals surface area contributed by atoms with Crippen LogP contribution in [0.1, 0.15) is 10.4 Å². The largest absolute Gasteiger partial charge is 0.497 e. The van der Waals surface area contributed by atoms with E-state index >= 15 is 0 Å². The van der Waals surface area contributed by atoms with Crippen LogP contribution < -0.4 is 15.1 Å². The molecule has 0 amide bonds. The molecule has 0 N–H and O–H groups in total. The molecule has 1 aliphatic rings.